The Morgan fingerprint density at radius 1 is 1.31 bits per heavy atom. The standard InChI is InChI=1S/C18H24N6O2/c1-19-13-5-7-23(11-13)15-6-8-24(18(15)25)16-4-3-14(17(22-16)26-2)12-9-20-21-10-12/h3-4,9-10,13,15,19H,5-8,11H2,1-2H3,(H,20,21)/t13-,15?/m1/s1. The molecule has 0 spiro atoms. The Kier molecular flexibility index (Phi) is 4.60. The van der Waals surface area contributed by atoms with Gasteiger partial charge in [0.05, 0.1) is 19.3 Å². The molecule has 8 heteroatoms. The maximum Gasteiger partial charge on any atom is 0.245 e. The van der Waals surface area contributed by atoms with Gasteiger partial charge in [0.15, 0.2) is 0 Å². The highest BCUT2D eigenvalue weighted by molar-refractivity contribution is 5.99. The van der Waals surface area contributed by atoms with Crippen LogP contribution in [-0.2, 0) is 4.79 Å². The molecule has 1 unspecified atom stereocenters. The van der Waals surface area contributed by atoms with Crippen molar-refractivity contribution >= 4 is 11.7 Å². The van der Waals surface area contributed by atoms with E-state index in [0.717, 1.165) is 37.1 Å². The second-order valence-corrected chi connectivity index (χ2v) is 6.78. The molecule has 1 amide bonds. The number of likely N-dealkylation sites (N-methyl/N-ethyl adjacent to an activating group) is 1. The van der Waals surface area contributed by atoms with Crippen molar-refractivity contribution in [1.29, 1.82) is 0 Å². The average Bonchev–Trinajstić information content (AvgIpc) is 3.41. The van der Waals surface area contributed by atoms with Crippen molar-refractivity contribution in [2.75, 3.05) is 38.7 Å². The molecule has 2 fully saturated rings. The van der Waals surface area contributed by atoms with Gasteiger partial charge in [-0.05, 0) is 32.0 Å². The minimum absolute atomic E-state index is 0.0466. The molecule has 0 aliphatic carbocycles. The Labute approximate surface area is 152 Å². The van der Waals surface area contributed by atoms with Crippen LogP contribution in [0.15, 0.2) is 24.5 Å². The lowest BCUT2D eigenvalue weighted by Gasteiger charge is -2.23. The molecule has 8 nitrogen and oxygen atoms in total. The van der Waals surface area contributed by atoms with Crippen molar-refractivity contribution < 1.29 is 9.53 Å². The Morgan fingerprint density at radius 2 is 2.19 bits per heavy atom. The Bertz CT molecular complexity index is 778. The number of carbonyl (C=O) groups is 1. The van der Waals surface area contributed by atoms with E-state index in [0.29, 0.717) is 24.3 Å². The summed E-state index contributed by atoms with van der Waals surface area (Å²) in [5.74, 6) is 1.27. The SMILES string of the molecule is CN[C@@H]1CCN(C2CCN(c3ccc(-c4cn[nH]c4)c(OC)n3)C2=O)C1. The molecular weight excluding hydrogens is 332 g/mol. The zero-order valence-corrected chi connectivity index (χ0v) is 15.1. The first-order valence-electron chi connectivity index (χ1n) is 8.98. The summed E-state index contributed by atoms with van der Waals surface area (Å²) < 4.78 is 5.45. The third-order valence-electron chi connectivity index (χ3n) is 5.37. The molecule has 0 aromatic carbocycles. The number of hydrogen-bond donors (Lipinski definition) is 2. The van der Waals surface area contributed by atoms with Gasteiger partial charge in [0.25, 0.3) is 0 Å². The third-order valence-corrected chi connectivity index (χ3v) is 5.37. The van der Waals surface area contributed by atoms with Crippen molar-refractivity contribution in [3.63, 3.8) is 0 Å². The first kappa shape index (κ1) is 17.0. The van der Waals surface area contributed by atoms with E-state index in [4.69, 9.17) is 4.74 Å². The largest absolute Gasteiger partial charge is 0.480 e. The van der Waals surface area contributed by atoms with Crippen LogP contribution >= 0.6 is 0 Å². The number of hydrogen-bond acceptors (Lipinski definition) is 6. The zero-order valence-electron chi connectivity index (χ0n) is 15.1. The van der Waals surface area contributed by atoms with Gasteiger partial charge in [-0.25, -0.2) is 0 Å². The first-order valence-corrected chi connectivity index (χ1v) is 8.98. The highest BCUT2D eigenvalue weighted by Gasteiger charge is 2.39. The number of H-pyrrole nitrogens is 1. The number of nitrogens with one attached hydrogen (secondary N) is 2. The van der Waals surface area contributed by atoms with E-state index in [1.807, 2.05) is 19.2 Å². The first-order chi connectivity index (χ1) is 12.7. The van der Waals surface area contributed by atoms with Crippen molar-refractivity contribution in [1.82, 2.24) is 25.4 Å². The molecule has 0 bridgehead atoms. The maximum absolute atomic E-state index is 13.0. The number of anilines is 1. The van der Waals surface area contributed by atoms with Gasteiger partial charge in [-0.1, -0.05) is 0 Å². The molecule has 2 N–H and O–H groups in total. The summed E-state index contributed by atoms with van der Waals surface area (Å²) in [4.78, 5) is 21.6. The van der Waals surface area contributed by atoms with Gasteiger partial charge in [0.1, 0.15) is 5.82 Å². The monoisotopic (exact) mass is 356 g/mol. The molecule has 4 heterocycles. The average molecular weight is 356 g/mol. The maximum atomic E-state index is 13.0. The van der Waals surface area contributed by atoms with E-state index in [9.17, 15) is 4.79 Å². The lowest BCUT2D eigenvalue weighted by Crippen LogP contribution is -2.42. The van der Waals surface area contributed by atoms with E-state index >= 15 is 0 Å². The highest BCUT2D eigenvalue weighted by atomic mass is 16.5. The number of carbonyl (C=O) groups excluding carboxylic acids is 1. The van der Waals surface area contributed by atoms with Crippen LogP contribution in [0.4, 0.5) is 5.82 Å². The summed E-state index contributed by atoms with van der Waals surface area (Å²) in [6, 6.07) is 4.24. The number of rotatable bonds is 5. The van der Waals surface area contributed by atoms with Crippen LogP contribution in [0.3, 0.4) is 0 Å². The normalized spacial score (nSPS) is 23.8. The third kappa shape index (κ3) is 2.95. The predicted molar refractivity (Wildman–Crippen MR) is 98.2 cm³/mol. The number of pyridine rings is 1. The molecule has 2 atom stereocenters. The van der Waals surface area contributed by atoms with Crippen LogP contribution in [0, 0.1) is 0 Å². The topological polar surface area (TPSA) is 86.4 Å². The Balaban J connectivity index is 1.54. The van der Waals surface area contributed by atoms with Gasteiger partial charge in [-0.15, -0.1) is 0 Å². The highest BCUT2D eigenvalue weighted by Crippen LogP contribution is 2.32. The summed E-state index contributed by atoms with van der Waals surface area (Å²) in [5, 5.41) is 10.1. The fourth-order valence-corrected chi connectivity index (χ4v) is 3.89. The van der Waals surface area contributed by atoms with Gasteiger partial charge in [0, 0.05) is 43.0 Å². The van der Waals surface area contributed by atoms with Crippen LogP contribution in [0.25, 0.3) is 11.1 Å². The fraction of sp³-hybridized carbons (Fsp3) is 0.500. The molecule has 2 aliphatic rings. The second kappa shape index (κ2) is 7.05. The summed E-state index contributed by atoms with van der Waals surface area (Å²) in [6.07, 6.45) is 5.44. The van der Waals surface area contributed by atoms with Gasteiger partial charge < -0.3 is 10.1 Å². The van der Waals surface area contributed by atoms with Crippen LogP contribution in [0.2, 0.25) is 0 Å². The summed E-state index contributed by atoms with van der Waals surface area (Å²) >= 11 is 0. The second-order valence-electron chi connectivity index (χ2n) is 6.78. The number of amides is 1. The van der Waals surface area contributed by atoms with Crippen LogP contribution < -0.4 is 15.0 Å². The number of aromatic amines is 1. The molecular formula is C18H24N6O2. The van der Waals surface area contributed by atoms with Gasteiger partial charge in [-0.3, -0.25) is 19.7 Å². The Hall–Kier alpha value is -2.45. The van der Waals surface area contributed by atoms with Crippen molar-refractivity contribution in [3.8, 4) is 17.0 Å². The van der Waals surface area contributed by atoms with Gasteiger partial charge in [0.2, 0.25) is 11.8 Å². The number of likely N-dealkylation sites (tertiary alicyclic amines) is 1. The van der Waals surface area contributed by atoms with Crippen molar-refractivity contribution in [3.05, 3.63) is 24.5 Å². The minimum atomic E-state index is -0.0466. The van der Waals surface area contributed by atoms with E-state index in [-0.39, 0.29) is 11.9 Å². The van der Waals surface area contributed by atoms with Crippen molar-refractivity contribution in [2.24, 2.45) is 0 Å². The number of aromatic nitrogens is 3. The number of nitrogens with zero attached hydrogens (tertiary/aromatic N) is 4. The molecule has 26 heavy (non-hydrogen) atoms. The van der Waals surface area contributed by atoms with Crippen molar-refractivity contribution in [2.45, 2.75) is 24.9 Å². The van der Waals surface area contributed by atoms with Crippen LogP contribution in [0.1, 0.15) is 12.8 Å². The smallest absolute Gasteiger partial charge is 0.245 e. The molecule has 0 saturated carbocycles. The minimum Gasteiger partial charge on any atom is -0.480 e. The lowest BCUT2D eigenvalue weighted by atomic mass is 10.1. The summed E-state index contributed by atoms with van der Waals surface area (Å²) in [6.45, 7) is 2.58. The Morgan fingerprint density at radius 3 is 2.88 bits per heavy atom. The summed E-state index contributed by atoms with van der Waals surface area (Å²) in [5.41, 5.74) is 1.76. The molecule has 4 rings (SSSR count). The molecule has 0 radical (unpaired) electrons. The lowest BCUT2D eigenvalue weighted by molar-refractivity contribution is -0.121. The van der Waals surface area contributed by atoms with E-state index in [1.54, 1.807) is 24.4 Å². The van der Waals surface area contributed by atoms with Crippen LogP contribution in [-0.4, -0.2) is 71.9 Å². The number of methoxy groups -OCH3 is 1. The van der Waals surface area contributed by atoms with Gasteiger partial charge in [-0.2, -0.15) is 10.1 Å². The molecule has 2 aromatic rings. The predicted octanol–water partition coefficient (Wildman–Crippen LogP) is 0.879. The molecule has 138 valence electrons. The van der Waals surface area contributed by atoms with E-state index in [2.05, 4.69) is 25.4 Å². The molecule has 2 aromatic heterocycles. The zero-order chi connectivity index (χ0) is 18.1. The number of ether oxygens (including phenoxy) is 1. The van der Waals surface area contributed by atoms with E-state index < -0.39 is 0 Å². The fourth-order valence-electron chi connectivity index (χ4n) is 3.89. The quantitative estimate of drug-likeness (QED) is 0.827. The van der Waals surface area contributed by atoms with E-state index in [1.165, 1.54) is 0 Å². The molecule has 2 aliphatic heterocycles. The van der Waals surface area contributed by atoms with Gasteiger partial charge >= 0.3 is 0 Å². The van der Waals surface area contributed by atoms with Crippen LogP contribution in [0.5, 0.6) is 5.88 Å². The molecule has 2 saturated heterocycles. The summed E-state index contributed by atoms with van der Waals surface area (Å²) in [7, 11) is 3.57.